The molecule has 0 fully saturated rings. The zero-order valence-corrected chi connectivity index (χ0v) is 31.2. The highest BCUT2D eigenvalue weighted by molar-refractivity contribution is 6.09. The normalized spacial score (nSPS) is 14.4. The van der Waals surface area contributed by atoms with Gasteiger partial charge in [-0.15, -0.1) is 0 Å². The molecule has 0 atom stereocenters. The second-order valence-electron chi connectivity index (χ2n) is 15.8. The van der Waals surface area contributed by atoms with Crippen LogP contribution in [0.1, 0.15) is 48.6 Å². The van der Waals surface area contributed by atoms with E-state index in [2.05, 4.69) is 208 Å². The van der Waals surface area contributed by atoms with Gasteiger partial charge in [0.15, 0.2) is 0 Å². The van der Waals surface area contributed by atoms with Gasteiger partial charge in [-0.25, -0.2) is 0 Å². The van der Waals surface area contributed by atoms with Crippen molar-refractivity contribution in [3.05, 3.63) is 210 Å². The number of benzene rings is 8. The Bertz CT molecular complexity index is 2920. The van der Waals surface area contributed by atoms with Crippen LogP contribution in [-0.2, 0) is 10.8 Å². The standard InChI is InChI=1S/C53H39NO/c1-52(2)44-19-10-7-16-39(44)42-30-26-35(32-48(42)52)34-24-27-37(28-25-34)54(36-14-5-4-6-15-36)38-29-31-43-50(33-38)55-49-23-13-22-47(51(43)49)53(3)45-20-11-8-17-40(45)41-18-9-12-21-46(41)53/h4-33H,1-3H3. The summed E-state index contributed by atoms with van der Waals surface area (Å²) < 4.78 is 6.76. The lowest BCUT2D eigenvalue weighted by Gasteiger charge is -2.29. The molecule has 1 aromatic heterocycles. The van der Waals surface area contributed by atoms with Crippen molar-refractivity contribution in [2.24, 2.45) is 0 Å². The lowest BCUT2D eigenvalue weighted by Crippen LogP contribution is -2.22. The third-order valence-electron chi connectivity index (χ3n) is 12.6. The van der Waals surface area contributed by atoms with E-state index in [1.807, 2.05) is 0 Å². The molecule has 2 nitrogen and oxygen atoms in total. The van der Waals surface area contributed by atoms with Crippen LogP contribution in [0.5, 0.6) is 0 Å². The fraction of sp³-hybridized carbons (Fsp3) is 0.0943. The average Bonchev–Trinajstić information content (AvgIpc) is 3.82. The van der Waals surface area contributed by atoms with Gasteiger partial charge in [0.05, 0.1) is 0 Å². The maximum atomic E-state index is 6.76. The van der Waals surface area contributed by atoms with E-state index in [-0.39, 0.29) is 10.8 Å². The smallest absolute Gasteiger partial charge is 0.137 e. The van der Waals surface area contributed by atoms with Crippen LogP contribution >= 0.6 is 0 Å². The summed E-state index contributed by atoms with van der Waals surface area (Å²) in [5.74, 6) is 0. The highest BCUT2D eigenvalue weighted by atomic mass is 16.3. The molecule has 0 N–H and O–H groups in total. The van der Waals surface area contributed by atoms with Gasteiger partial charge < -0.3 is 9.32 Å². The zero-order chi connectivity index (χ0) is 36.9. The number of furan rings is 1. The van der Waals surface area contributed by atoms with Crippen molar-refractivity contribution in [1.29, 1.82) is 0 Å². The van der Waals surface area contributed by atoms with Crippen LogP contribution in [0, 0.1) is 0 Å². The first-order valence-electron chi connectivity index (χ1n) is 19.3. The van der Waals surface area contributed by atoms with Crippen LogP contribution in [0.4, 0.5) is 17.1 Å². The molecule has 9 aromatic rings. The lowest BCUT2D eigenvalue weighted by atomic mass is 9.73. The summed E-state index contributed by atoms with van der Waals surface area (Å²) in [5.41, 5.74) is 19.1. The topological polar surface area (TPSA) is 16.4 Å². The first kappa shape index (κ1) is 31.8. The SMILES string of the molecule is CC1(C)c2ccccc2-c2ccc(-c3ccc(N(c4ccccc4)c4ccc5c(c4)oc4cccc(C6(C)c7ccccc7-c7ccccc76)c45)cc3)cc21. The highest BCUT2D eigenvalue weighted by Crippen LogP contribution is 2.55. The molecule has 0 spiro atoms. The summed E-state index contributed by atoms with van der Waals surface area (Å²) in [6.45, 7) is 7.06. The molecule has 1 heterocycles. The summed E-state index contributed by atoms with van der Waals surface area (Å²) in [7, 11) is 0. The Morgan fingerprint density at radius 2 is 0.927 bits per heavy atom. The number of nitrogens with zero attached hydrogens (tertiary/aromatic N) is 1. The third-order valence-corrected chi connectivity index (χ3v) is 12.6. The largest absolute Gasteiger partial charge is 0.456 e. The Labute approximate surface area is 322 Å². The summed E-state index contributed by atoms with van der Waals surface area (Å²) in [4.78, 5) is 2.32. The minimum absolute atomic E-state index is 0.0359. The van der Waals surface area contributed by atoms with E-state index in [0.29, 0.717) is 0 Å². The van der Waals surface area contributed by atoms with Gasteiger partial charge in [-0.3, -0.25) is 0 Å². The number of rotatable bonds is 5. The first-order chi connectivity index (χ1) is 26.9. The van der Waals surface area contributed by atoms with Crippen molar-refractivity contribution in [3.8, 4) is 33.4 Å². The Hall–Kier alpha value is -6.64. The fourth-order valence-corrected chi connectivity index (χ4v) is 9.82. The molecule has 11 rings (SSSR count). The molecular formula is C53H39NO. The second kappa shape index (κ2) is 11.7. The van der Waals surface area contributed by atoms with Gasteiger partial charge in [-0.05, 0) is 117 Å². The molecule has 262 valence electrons. The third kappa shape index (κ3) is 4.55. The van der Waals surface area contributed by atoms with E-state index < -0.39 is 0 Å². The first-order valence-corrected chi connectivity index (χ1v) is 19.3. The maximum Gasteiger partial charge on any atom is 0.137 e. The van der Waals surface area contributed by atoms with E-state index in [4.69, 9.17) is 4.42 Å². The lowest BCUT2D eigenvalue weighted by molar-refractivity contribution is 0.660. The van der Waals surface area contributed by atoms with Crippen molar-refractivity contribution in [2.75, 3.05) is 4.90 Å². The number of fused-ring (bicyclic) bond motifs is 9. The van der Waals surface area contributed by atoms with Gasteiger partial charge in [0.2, 0.25) is 0 Å². The van der Waals surface area contributed by atoms with Crippen LogP contribution < -0.4 is 4.90 Å². The average molecular weight is 706 g/mol. The molecule has 0 saturated heterocycles. The molecule has 2 aliphatic carbocycles. The summed E-state index contributed by atoms with van der Waals surface area (Å²) >= 11 is 0. The maximum absolute atomic E-state index is 6.76. The van der Waals surface area contributed by atoms with Crippen molar-refractivity contribution >= 4 is 39.0 Å². The molecule has 0 amide bonds. The molecule has 0 saturated carbocycles. The van der Waals surface area contributed by atoms with Crippen molar-refractivity contribution in [3.63, 3.8) is 0 Å². The summed E-state index contributed by atoms with van der Waals surface area (Å²) in [6, 6.07) is 66.4. The van der Waals surface area contributed by atoms with Gasteiger partial charge in [0.25, 0.3) is 0 Å². The Balaban J connectivity index is 1.01. The van der Waals surface area contributed by atoms with Crippen molar-refractivity contribution in [2.45, 2.75) is 31.6 Å². The Morgan fingerprint density at radius 3 is 1.64 bits per heavy atom. The molecule has 0 bridgehead atoms. The van der Waals surface area contributed by atoms with E-state index in [9.17, 15) is 0 Å². The van der Waals surface area contributed by atoms with Crippen LogP contribution in [0.3, 0.4) is 0 Å². The van der Waals surface area contributed by atoms with Gasteiger partial charge in [-0.2, -0.15) is 0 Å². The van der Waals surface area contributed by atoms with E-state index in [0.717, 1.165) is 33.6 Å². The number of para-hydroxylation sites is 1. The van der Waals surface area contributed by atoms with E-state index in [1.54, 1.807) is 0 Å². The van der Waals surface area contributed by atoms with Gasteiger partial charge in [0.1, 0.15) is 11.2 Å². The minimum Gasteiger partial charge on any atom is -0.456 e. The Morgan fingerprint density at radius 1 is 0.382 bits per heavy atom. The zero-order valence-electron chi connectivity index (χ0n) is 31.2. The van der Waals surface area contributed by atoms with Crippen LogP contribution in [0.2, 0.25) is 0 Å². The molecule has 55 heavy (non-hydrogen) atoms. The van der Waals surface area contributed by atoms with Crippen LogP contribution in [0.25, 0.3) is 55.3 Å². The number of anilines is 3. The molecule has 2 aliphatic rings. The predicted octanol–water partition coefficient (Wildman–Crippen LogP) is 14.4. The summed E-state index contributed by atoms with van der Waals surface area (Å²) in [6.07, 6.45) is 0. The highest BCUT2D eigenvalue weighted by Gasteiger charge is 2.42. The van der Waals surface area contributed by atoms with Crippen LogP contribution in [-0.4, -0.2) is 0 Å². The van der Waals surface area contributed by atoms with Gasteiger partial charge in [-0.1, -0.05) is 141 Å². The van der Waals surface area contributed by atoms with Crippen molar-refractivity contribution in [1.82, 2.24) is 0 Å². The summed E-state index contributed by atoms with van der Waals surface area (Å²) in [5, 5.41) is 2.30. The molecule has 0 radical (unpaired) electrons. The van der Waals surface area contributed by atoms with Gasteiger partial charge >= 0.3 is 0 Å². The molecule has 8 aromatic carbocycles. The Kier molecular flexibility index (Phi) is 6.76. The van der Waals surface area contributed by atoms with Gasteiger partial charge in [0, 0.05) is 44.7 Å². The monoisotopic (exact) mass is 705 g/mol. The van der Waals surface area contributed by atoms with E-state index >= 15 is 0 Å². The van der Waals surface area contributed by atoms with E-state index in [1.165, 1.54) is 66.6 Å². The second-order valence-corrected chi connectivity index (χ2v) is 15.8. The minimum atomic E-state index is -0.321. The molecule has 0 aliphatic heterocycles. The number of hydrogen-bond acceptors (Lipinski definition) is 2. The quantitative estimate of drug-likeness (QED) is 0.177. The predicted molar refractivity (Wildman–Crippen MR) is 229 cm³/mol. The van der Waals surface area contributed by atoms with Crippen LogP contribution in [0.15, 0.2) is 186 Å². The molecule has 0 unspecified atom stereocenters. The number of hydrogen-bond donors (Lipinski definition) is 0. The molecule has 2 heteroatoms. The molecular weight excluding hydrogens is 667 g/mol. The van der Waals surface area contributed by atoms with Crippen molar-refractivity contribution < 1.29 is 4.42 Å². The fourth-order valence-electron chi connectivity index (χ4n) is 9.82.